The van der Waals surface area contributed by atoms with E-state index in [9.17, 15) is 4.79 Å². The molecule has 0 unspecified atom stereocenters. The molecular weight excluding hydrogens is 224 g/mol. The summed E-state index contributed by atoms with van der Waals surface area (Å²) < 4.78 is 0. The Morgan fingerprint density at radius 3 is 2.78 bits per heavy atom. The molecule has 18 heavy (non-hydrogen) atoms. The van der Waals surface area contributed by atoms with Crippen LogP contribution in [0.3, 0.4) is 0 Å². The van der Waals surface area contributed by atoms with Crippen LogP contribution in [0.1, 0.15) is 29.3 Å². The summed E-state index contributed by atoms with van der Waals surface area (Å²) in [5.74, 6) is 0.116. The summed E-state index contributed by atoms with van der Waals surface area (Å²) in [6.45, 7) is 1.84. The molecule has 0 aliphatic carbocycles. The molecule has 0 aliphatic rings. The van der Waals surface area contributed by atoms with Crippen LogP contribution in [0.15, 0.2) is 42.6 Å². The predicted molar refractivity (Wildman–Crippen MR) is 69.0 cm³/mol. The molecule has 3 nitrogen and oxygen atoms in total. The molecule has 0 spiro atoms. The van der Waals surface area contributed by atoms with Crippen molar-refractivity contribution in [3.63, 3.8) is 0 Å². The van der Waals surface area contributed by atoms with Crippen LogP contribution >= 0.6 is 0 Å². The zero-order valence-corrected chi connectivity index (χ0v) is 10.1. The average Bonchev–Trinajstić information content (AvgIpc) is 2.46. The Hall–Kier alpha value is -2.47. The lowest BCUT2D eigenvalue weighted by atomic mass is 10.0. The van der Waals surface area contributed by atoms with Gasteiger partial charge < -0.3 is 0 Å². The van der Waals surface area contributed by atoms with Gasteiger partial charge in [0.25, 0.3) is 0 Å². The maximum atomic E-state index is 11.6. The standard InChI is InChI=1S/C15H12N2O/c1-2-15(18)13-5-3-4-12(8-13)14-7-6-11(9-16)10-17-14/h3-8,10H,2H2,1H3. The Morgan fingerprint density at radius 2 is 2.17 bits per heavy atom. The number of ketones is 1. The van der Waals surface area contributed by atoms with Gasteiger partial charge in [0.1, 0.15) is 6.07 Å². The maximum absolute atomic E-state index is 11.6. The Labute approximate surface area is 106 Å². The van der Waals surface area contributed by atoms with E-state index in [-0.39, 0.29) is 5.78 Å². The Balaban J connectivity index is 2.38. The van der Waals surface area contributed by atoms with Crippen LogP contribution in [0, 0.1) is 11.3 Å². The summed E-state index contributed by atoms with van der Waals surface area (Å²) in [4.78, 5) is 15.8. The smallest absolute Gasteiger partial charge is 0.162 e. The predicted octanol–water partition coefficient (Wildman–Crippen LogP) is 3.21. The van der Waals surface area contributed by atoms with Crippen molar-refractivity contribution in [1.29, 1.82) is 5.26 Å². The first-order chi connectivity index (χ1) is 8.74. The van der Waals surface area contributed by atoms with Gasteiger partial charge in [0, 0.05) is 23.7 Å². The number of carbonyl (C=O) groups is 1. The van der Waals surface area contributed by atoms with Crippen molar-refractivity contribution in [2.45, 2.75) is 13.3 Å². The topological polar surface area (TPSA) is 53.8 Å². The normalized spacial score (nSPS) is 9.78. The van der Waals surface area contributed by atoms with Gasteiger partial charge in [-0.25, -0.2) is 0 Å². The number of aromatic nitrogens is 1. The maximum Gasteiger partial charge on any atom is 0.162 e. The summed E-state index contributed by atoms with van der Waals surface area (Å²) in [6.07, 6.45) is 2.02. The van der Waals surface area contributed by atoms with Crippen LogP contribution in [0.4, 0.5) is 0 Å². The third kappa shape index (κ3) is 2.44. The summed E-state index contributed by atoms with van der Waals surface area (Å²) in [5, 5.41) is 8.71. The number of pyridine rings is 1. The number of carbonyl (C=O) groups excluding carboxylic acids is 1. The number of rotatable bonds is 3. The van der Waals surface area contributed by atoms with E-state index in [0.717, 1.165) is 11.3 Å². The number of benzene rings is 1. The molecular formula is C15H12N2O. The van der Waals surface area contributed by atoms with Crippen molar-refractivity contribution in [3.05, 3.63) is 53.7 Å². The summed E-state index contributed by atoms with van der Waals surface area (Å²) in [7, 11) is 0. The van der Waals surface area contributed by atoms with E-state index < -0.39 is 0 Å². The van der Waals surface area contributed by atoms with E-state index in [0.29, 0.717) is 17.5 Å². The molecule has 0 atom stereocenters. The van der Waals surface area contributed by atoms with Gasteiger partial charge in [0.2, 0.25) is 0 Å². The summed E-state index contributed by atoms with van der Waals surface area (Å²) >= 11 is 0. The van der Waals surface area contributed by atoms with Gasteiger partial charge in [0.05, 0.1) is 11.3 Å². The van der Waals surface area contributed by atoms with Gasteiger partial charge in [-0.2, -0.15) is 5.26 Å². The molecule has 1 heterocycles. The lowest BCUT2D eigenvalue weighted by Gasteiger charge is -2.03. The van der Waals surface area contributed by atoms with Crippen molar-refractivity contribution in [1.82, 2.24) is 4.98 Å². The lowest BCUT2D eigenvalue weighted by molar-refractivity contribution is 0.0988. The lowest BCUT2D eigenvalue weighted by Crippen LogP contribution is -1.96. The molecule has 0 fully saturated rings. The molecule has 0 N–H and O–H groups in total. The van der Waals surface area contributed by atoms with Crippen molar-refractivity contribution in [2.75, 3.05) is 0 Å². The molecule has 0 saturated heterocycles. The first kappa shape index (κ1) is 12.0. The number of hydrogen-bond acceptors (Lipinski definition) is 3. The third-order valence-electron chi connectivity index (χ3n) is 2.69. The van der Waals surface area contributed by atoms with Gasteiger partial charge in [-0.05, 0) is 18.2 Å². The minimum absolute atomic E-state index is 0.116. The highest BCUT2D eigenvalue weighted by Crippen LogP contribution is 2.19. The molecule has 1 aromatic heterocycles. The Bertz CT molecular complexity index is 609. The summed E-state index contributed by atoms with van der Waals surface area (Å²) in [6, 6.07) is 12.9. The molecule has 0 radical (unpaired) electrons. The molecule has 88 valence electrons. The molecule has 1 aromatic carbocycles. The minimum Gasteiger partial charge on any atom is -0.294 e. The fraction of sp³-hybridized carbons (Fsp3) is 0.133. The number of Topliss-reactive ketones (excluding diaryl/α,β-unsaturated/α-hetero) is 1. The Kier molecular flexibility index (Phi) is 3.49. The van der Waals surface area contributed by atoms with E-state index >= 15 is 0 Å². The van der Waals surface area contributed by atoms with Gasteiger partial charge in [0.15, 0.2) is 5.78 Å². The SMILES string of the molecule is CCC(=O)c1cccc(-c2ccc(C#N)cn2)c1. The van der Waals surface area contributed by atoms with Crippen LogP contribution < -0.4 is 0 Å². The number of nitrogens with zero attached hydrogens (tertiary/aromatic N) is 2. The van der Waals surface area contributed by atoms with Gasteiger partial charge >= 0.3 is 0 Å². The first-order valence-corrected chi connectivity index (χ1v) is 5.74. The van der Waals surface area contributed by atoms with E-state index in [4.69, 9.17) is 5.26 Å². The number of hydrogen-bond donors (Lipinski definition) is 0. The van der Waals surface area contributed by atoms with E-state index in [2.05, 4.69) is 4.98 Å². The summed E-state index contributed by atoms with van der Waals surface area (Å²) in [5.41, 5.74) is 2.87. The van der Waals surface area contributed by atoms with E-state index in [1.165, 1.54) is 6.20 Å². The molecule has 3 heteroatoms. The molecule has 0 amide bonds. The van der Waals surface area contributed by atoms with Crippen LogP contribution in [-0.4, -0.2) is 10.8 Å². The highest BCUT2D eigenvalue weighted by molar-refractivity contribution is 5.96. The Morgan fingerprint density at radius 1 is 1.33 bits per heavy atom. The third-order valence-corrected chi connectivity index (χ3v) is 2.69. The first-order valence-electron chi connectivity index (χ1n) is 5.74. The van der Waals surface area contributed by atoms with E-state index in [1.807, 2.05) is 31.2 Å². The molecule has 2 rings (SSSR count). The second-order valence-corrected chi connectivity index (χ2v) is 3.90. The quantitative estimate of drug-likeness (QED) is 0.769. The van der Waals surface area contributed by atoms with Crippen molar-refractivity contribution in [3.8, 4) is 17.3 Å². The zero-order chi connectivity index (χ0) is 13.0. The fourth-order valence-corrected chi connectivity index (χ4v) is 1.69. The molecule has 0 bridgehead atoms. The van der Waals surface area contributed by atoms with Crippen LogP contribution in [-0.2, 0) is 0 Å². The monoisotopic (exact) mass is 236 g/mol. The van der Waals surface area contributed by atoms with Crippen molar-refractivity contribution in [2.24, 2.45) is 0 Å². The van der Waals surface area contributed by atoms with Crippen molar-refractivity contribution >= 4 is 5.78 Å². The highest BCUT2D eigenvalue weighted by Gasteiger charge is 2.05. The van der Waals surface area contributed by atoms with Crippen LogP contribution in [0.2, 0.25) is 0 Å². The van der Waals surface area contributed by atoms with Crippen LogP contribution in [0.5, 0.6) is 0 Å². The zero-order valence-electron chi connectivity index (χ0n) is 10.1. The highest BCUT2D eigenvalue weighted by atomic mass is 16.1. The number of nitriles is 1. The molecule has 2 aromatic rings. The van der Waals surface area contributed by atoms with Gasteiger partial charge in [-0.1, -0.05) is 25.1 Å². The fourth-order valence-electron chi connectivity index (χ4n) is 1.69. The van der Waals surface area contributed by atoms with E-state index in [1.54, 1.807) is 18.2 Å². The second kappa shape index (κ2) is 5.24. The molecule has 0 saturated carbocycles. The van der Waals surface area contributed by atoms with Crippen LogP contribution in [0.25, 0.3) is 11.3 Å². The minimum atomic E-state index is 0.116. The molecule has 0 aliphatic heterocycles. The largest absolute Gasteiger partial charge is 0.294 e. The van der Waals surface area contributed by atoms with Gasteiger partial charge in [-0.15, -0.1) is 0 Å². The van der Waals surface area contributed by atoms with Gasteiger partial charge in [-0.3, -0.25) is 9.78 Å². The van der Waals surface area contributed by atoms with Crippen molar-refractivity contribution < 1.29 is 4.79 Å². The second-order valence-electron chi connectivity index (χ2n) is 3.90. The average molecular weight is 236 g/mol.